The number of aromatic nitrogens is 4. The predicted octanol–water partition coefficient (Wildman–Crippen LogP) is 3.07. The average molecular weight is 389 g/mol. The number of hydrogen-bond donors (Lipinski definition) is 3. The third-order valence-electron chi connectivity index (χ3n) is 4.04. The standard InChI is InChI=1S/C19H21F2N5O2/c1-12-5-13(14-8-23-26(9-14)10-19(2,28)11-27)7-15(6-12)24-18-22-4-3-16(25-18)17(20)21/h3-9,17,27-28H,10-11H2,1-2H3,(H,22,24,25)/t19-/m1/s1. The summed E-state index contributed by atoms with van der Waals surface area (Å²) >= 11 is 0. The Bertz CT molecular complexity index is 959. The first-order valence-electron chi connectivity index (χ1n) is 8.62. The molecule has 1 aromatic carbocycles. The smallest absolute Gasteiger partial charge is 0.280 e. The van der Waals surface area contributed by atoms with Crippen LogP contribution in [0.3, 0.4) is 0 Å². The maximum absolute atomic E-state index is 12.8. The Hall–Kier alpha value is -2.91. The summed E-state index contributed by atoms with van der Waals surface area (Å²) in [6.07, 6.45) is 2.03. The third kappa shape index (κ3) is 4.87. The molecule has 148 valence electrons. The fourth-order valence-electron chi connectivity index (χ4n) is 2.70. The molecule has 0 saturated heterocycles. The normalized spacial score (nSPS) is 13.5. The minimum absolute atomic E-state index is 0.0871. The Labute approximate surface area is 160 Å². The molecule has 0 unspecified atom stereocenters. The fraction of sp³-hybridized carbons (Fsp3) is 0.316. The molecule has 7 nitrogen and oxygen atoms in total. The molecule has 2 aromatic heterocycles. The minimum Gasteiger partial charge on any atom is -0.393 e. The molecule has 0 amide bonds. The van der Waals surface area contributed by atoms with E-state index in [1.165, 1.54) is 19.2 Å². The lowest BCUT2D eigenvalue weighted by atomic mass is 10.1. The number of halogens is 2. The SMILES string of the molecule is Cc1cc(Nc2nccc(C(F)F)n2)cc(-c2cnn(C[C@@](C)(O)CO)c2)c1. The number of benzene rings is 1. The van der Waals surface area contributed by atoms with E-state index in [9.17, 15) is 19.0 Å². The fourth-order valence-corrected chi connectivity index (χ4v) is 2.70. The van der Waals surface area contributed by atoms with E-state index in [4.69, 9.17) is 0 Å². The second-order valence-corrected chi connectivity index (χ2v) is 6.90. The van der Waals surface area contributed by atoms with Crippen molar-refractivity contribution in [3.63, 3.8) is 0 Å². The van der Waals surface area contributed by atoms with Gasteiger partial charge in [-0.1, -0.05) is 6.07 Å². The van der Waals surface area contributed by atoms with Crippen molar-refractivity contribution in [3.8, 4) is 11.1 Å². The van der Waals surface area contributed by atoms with E-state index in [2.05, 4.69) is 20.4 Å². The topological polar surface area (TPSA) is 96.1 Å². The number of aliphatic hydroxyl groups is 2. The van der Waals surface area contributed by atoms with Gasteiger partial charge in [-0.2, -0.15) is 5.10 Å². The summed E-state index contributed by atoms with van der Waals surface area (Å²) in [5.74, 6) is 0.0871. The zero-order chi connectivity index (χ0) is 20.3. The Morgan fingerprint density at radius 2 is 2.04 bits per heavy atom. The number of hydrogen-bond acceptors (Lipinski definition) is 6. The van der Waals surface area contributed by atoms with Gasteiger partial charge in [-0.15, -0.1) is 0 Å². The Balaban J connectivity index is 1.84. The van der Waals surface area contributed by atoms with Crippen LogP contribution in [-0.4, -0.2) is 42.2 Å². The van der Waals surface area contributed by atoms with Crippen molar-refractivity contribution in [3.05, 3.63) is 54.1 Å². The summed E-state index contributed by atoms with van der Waals surface area (Å²) in [6, 6.07) is 6.81. The molecule has 1 atom stereocenters. The predicted molar refractivity (Wildman–Crippen MR) is 100 cm³/mol. The highest BCUT2D eigenvalue weighted by Crippen LogP contribution is 2.26. The van der Waals surface area contributed by atoms with Gasteiger partial charge >= 0.3 is 0 Å². The van der Waals surface area contributed by atoms with Crippen LogP contribution < -0.4 is 5.32 Å². The van der Waals surface area contributed by atoms with E-state index in [0.717, 1.165) is 16.7 Å². The van der Waals surface area contributed by atoms with Crippen molar-refractivity contribution in [1.82, 2.24) is 19.7 Å². The molecule has 0 aliphatic carbocycles. The number of aryl methyl sites for hydroxylation is 1. The van der Waals surface area contributed by atoms with Crippen LogP contribution in [0.5, 0.6) is 0 Å². The van der Waals surface area contributed by atoms with Crippen molar-refractivity contribution in [2.24, 2.45) is 0 Å². The van der Waals surface area contributed by atoms with Crippen LogP contribution in [-0.2, 0) is 6.54 Å². The van der Waals surface area contributed by atoms with E-state index in [0.29, 0.717) is 5.69 Å². The van der Waals surface area contributed by atoms with Gasteiger partial charge in [-0.3, -0.25) is 4.68 Å². The van der Waals surface area contributed by atoms with Gasteiger partial charge in [0.05, 0.1) is 19.3 Å². The number of alkyl halides is 2. The zero-order valence-corrected chi connectivity index (χ0v) is 15.5. The van der Waals surface area contributed by atoms with Crippen molar-refractivity contribution in [2.45, 2.75) is 32.4 Å². The molecule has 0 bridgehead atoms. The quantitative estimate of drug-likeness (QED) is 0.575. The van der Waals surface area contributed by atoms with Crippen LogP contribution in [0.25, 0.3) is 11.1 Å². The summed E-state index contributed by atoms with van der Waals surface area (Å²) in [5, 5.41) is 26.3. The molecular weight excluding hydrogens is 368 g/mol. The van der Waals surface area contributed by atoms with Crippen LogP contribution >= 0.6 is 0 Å². The summed E-state index contributed by atoms with van der Waals surface area (Å²) in [7, 11) is 0. The number of nitrogens with one attached hydrogen (secondary N) is 1. The van der Waals surface area contributed by atoms with Crippen molar-refractivity contribution >= 4 is 11.6 Å². The van der Waals surface area contributed by atoms with Gasteiger partial charge in [-0.25, -0.2) is 18.7 Å². The molecule has 0 fully saturated rings. The van der Waals surface area contributed by atoms with Gasteiger partial charge in [0.15, 0.2) is 0 Å². The maximum Gasteiger partial charge on any atom is 0.280 e. The number of nitrogens with zero attached hydrogens (tertiary/aromatic N) is 4. The Morgan fingerprint density at radius 1 is 1.25 bits per heavy atom. The van der Waals surface area contributed by atoms with Crippen LogP contribution in [0.1, 0.15) is 24.6 Å². The van der Waals surface area contributed by atoms with Crippen LogP contribution in [0.2, 0.25) is 0 Å². The van der Waals surface area contributed by atoms with Crippen molar-refractivity contribution < 1.29 is 19.0 Å². The molecule has 3 aromatic rings. The van der Waals surface area contributed by atoms with Gasteiger partial charge in [0.25, 0.3) is 6.43 Å². The molecule has 28 heavy (non-hydrogen) atoms. The van der Waals surface area contributed by atoms with E-state index in [1.54, 1.807) is 17.1 Å². The average Bonchev–Trinajstić information content (AvgIpc) is 3.09. The van der Waals surface area contributed by atoms with Crippen molar-refractivity contribution in [2.75, 3.05) is 11.9 Å². The summed E-state index contributed by atoms with van der Waals surface area (Å²) in [5.41, 5.74) is 1.64. The first-order valence-corrected chi connectivity index (χ1v) is 8.62. The second kappa shape index (κ2) is 7.99. The third-order valence-corrected chi connectivity index (χ3v) is 4.04. The number of rotatable bonds is 7. The largest absolute Gasteiger partial charge is 0.393 e. The van der Waals surface area contributed by atoms with Crippen LogP contribution in [0, 0.1) is 6.92 Å². The summed E-state index contributed by atoms with van der Waals surface area (Å²) < 4.78 is 27.2. The molecule has 0 aliphatic rings. The molecule has 9 heteroatoms. The first kappa shape index (κ1) is 19.8. The number of aliphatic hydroxyl groups excluding tert-OH is 1. The molecule has 3 N–H and O–H groups in total. The molecule has 3 rings (SSSR count). The summed E-state index contributed by atoms with van der Waals surface area (Å²) in [4.78, 5) is 7.79. The highest BCUT2D eigenvalue weighted by Gasteiger charge is 2.20. The molecule has 0 spiro atoms. The Kier molecular flexibility index (Phi) is 5.66. The summed E-state index contributed by atoms with van der Waals surface area (Å²) in [6.45, 7) is 3.20. The highest BCUT2D eigenvalue weighted by molar-refractivity contribution is 5.70. The second-order valence-electron chi connectivity index (χ2n) is 6.90. The molecule has 0 radical (unpaired) electrons. The zero-order valence-electron chi connectivity index (χ0n) is 15.5. The van der Waals surface area contributed by atoms with Crippen LogP contribution in [0.15, 0.2) is 42.9 Å². The minimum atomic E-state index is -2.67. The maximum atomic E-state index is 12.8. The highest BCUT2D eigenvalue weighted by atomic mass is 19.3. The molecule has 2 heterocycles. The lowest BCUT2D eigenvalue weighted by Crippen LogP contribution is -2.34. The van der Waals surface area contributed by atoms with E-state index >= 15 is 0 Å². The first-order chi connectivity index (χ1) is 13.3. The molecule has 0 saturated carbocycles. The van der Waals surface area contributed by atoms with Gasteiger partial charge in [0.1, 0.15) is 11.3 Å². The van der Waals surface area contributed by atoms with Crippen molar-refractivity contribution in [1.29, 1.82) is 0 Å². The van der Waals surface area contributed by atoms with Crippen LogP contribution in [0.4, 0.5) is 20.4 Å². The van der Waals surface area contributed by atoms with E-state index in [1.807, 2.05) is 25.1 Å². The van der Waals surface area contributed by atoms with E-state index in [-0.39, 0.29) is 24.8 Å². The Morgan fingerprint density at radius 3 is 2.75 bits per heavy atom. The lowest BCUT2D eigenvalue weighted by Gasteiger charge is -2.19. The molecule has 0 aliphatic heterocycles. The monoisotopic (exact) mass is 389 g/mol. The van der Waals surface area contributed by atoms with Gasteiger partial charge < -0.3 is 15.5 Å². The lowest BCUT2D eigenvalue weighted by molar-refractivity contribution is -0.0145. The molecular formula is C19H21F2N5O2. The van der Waals surface area contributed by atoms with E-state index < -0.39 is 12.0 Å². The van der Waals surface area contributed by atoms with Gasteiger partial charge in [0.2, 0.25) is 5.95 Å². The van der Waals surface area contributed by atoms with Gasteiger partial charge in [-0.05, 0) is 43.2 Å². The van der Waals surface area contributed by atoms with Gasteiger partial charge in [0, 0.05) is 23.6 Å². The number of anilines is 2.